The molecular formula is C26H23N5O2S. The minimum atomic E-state index is -0.0942. The molecule has 3 aromatic heterocycles. The fraction of sp³-hybridized carbons (Fsp3) is 0.154. The van der Waals surface area contributed by atoms with Crippen molar-refractivity contribution in [3.63, 3.8) is 0 Å². The first-order chi connectivity index (χ1) is 16.5. The predicted octanol–water partition coefficient (Wildman–Crippen LogP) is 4.86. The lowest BCUT2D eigenvalue weighted by Gasteiger charge is -2.11. The van der Waals surface area contributed by atoms with Gasteiger partial charge in [-0.05, 0) is 61.9 Å². The highest BCUT2D eigenvalue weighted by Crippen LogP contribution is 2.30. The van der Waals surface area contributed by atoms with Crippen molar-refractivity contribution in [1.29, 1.82) is 0 Å². The van der Waals surface area contributed by atoms with E-state index >= 15 is 0 Å². The first-order valence-corrected chi connectivity index (χ1v) is 11.8. The smallest absolute Gasteiger partial charge is 0.258 e. The van der Waals surface area contributed by atoms with Crippen molar-refractivity contribution in [2.45, 2.75) is 24.8 Å². The third-order valence-corrected chi connectivity index (χ3v) is 6.45. The summed E-state index contributed by atoms with van der Waals surface area (Å²) in [5, 5.41) is 9.70. The number of methoxy groups -OCH3 is 1. The Morgan fingerprint density at radius 2 is 1.65 bits per heavy atom. The van der Waals surface area contributed by atoms with E-state index in [4.69, 9.17) is 4.74 Å². The number of aromatic nitrogens is 5. The zero-order valence-electron chi connectivity index (χ0n) is 19.1. The van der Waals surface area contributed by atoms with Crippen LogP contribution in [-0.4, -0.2) is 31.3 Å². The van der Waals surface area contributed by atoms with Gasteiger partial charge in [-0.2, -0.15) is 0 Å². The second-order valence-electron chi connectivity index (χ2n) is 8.01. The van der Waals surface area contributed by atoms with E-state index in [9.17, 15) is 4.79 Å². The maximum Gasteiger partial charge on any atom is 0.258 e. The van der Waals surface area contributed by atoms with Gasteiger partial charge in [0.15, 0.2) is 11.0 Å². The van der Waals surface area contributed by atoms with Crippen molar-refractivity contribution in [3.8, 4) is 22.8 Å². The standard InChI is InChI=1S/C26H23N5O2S/c1-17-4-9-21(10-5-17)31-25(19-7-11-22(33-3)12-8-19)28-29-26(31)34-16-20-14-24(32)30-15-18(2)6-13-23(30)27-20/h4-15H,16H2,1-3H3. The SMILES string of the molecule is COc1ccc(-c2nnc(SCc3cc(=O)n4cc(C)ccc4n3)n2-c2ccc(C)cc2)cc1. The molecule has 0 fully saturated rings. The van der Waals surface area contributed by atoms with Crippen LogP contribution in [0, 0.1) is 13.8 Å². The third kappa shape index (κ3) is 4.32. The van der Waals surface area contributed by atoms with Crippen LogP contribution < -0.4 is 10.3 Å². The molecule has 170 valence electrons. The highest BCUT2D eigenvalue weighted by atomic mass is 32.2. The molecular weight excluding hydrogens is 446 g/mol. The topological polar surface area (TPSA) is 74.3 Å². The van der Waals surface area contributed by atoms with Crippen LogP contribution in [0.2, 0.25) is 0 Å². The Kier molecular flexibility index (Phi) is 5.90. The molecule has 0 amide bonds. The van der Waals surface area contributed by atoms with Crippen molar-refractivity contribution >= 4 is 17.4 Å². The summed E-state index contributed by atoms with van der Waals surface area (Å²) in [5.41, 5.74) is 5.31. The Bertz CT molecular complexity index is 1520. The molecule has 7 nitrogen and oxygen atoms in total. The molecule has 0 aliphatic rings. The summed E-state index contributed by atoms with van der Waals surface area (Å²) in [6, 6.07) is 21.4. The van der Waals surface area contributed by atoms with Gasteiger partial charge in [0.25, 0.3) is 5.56 Å². The summed E-state index contributed by atoms with van der Waals surface area (Å²) in [4.78, 5) is 17.3. The van der Waals surface area contributed by atoms with E-state index in [2.05, 4.69) is 46.4 Å². The summed E-state index contributed by atoms with van der Waals surface area (Å²) < 4.78 is 8.89. The normalized spacial score (nSPS) is 11.1. The van der Waals surface area contributed by atoms with Gasteiger partial charge in [0.2, 0.25) is 0 Å². The molecule has 0 unspecified atom stereocenters. The average molecular weight is 470 g/mol. The van der Waals surface area contributed by atoms with Crippen molar-refractivity contribution in [3.05, 3.63) is 100 Å². The van der Waals surface area contributed by atoms with E-state index in [1.165, 1.54) is 17.3 Å². The van der Waals surface area contributed by atoms with Crippen LogP contribution in [0.25, 0.3) is 22.7 Å². The Labute approximate surface area is 201 Å². The van der Waals surface area contributed by atoms with Crippen LogP contribution in [0.5, 0.6) is 5.75 Å². The molecule has 0 atom stereocenters. The van der Waals surface area contributed by atoms with Crippen molar-refractivity contribution in [2.24, 2.45) is 0 Å². The van der Waals surface area contributed by atoms with Gasteiger partial charge in [0.1, 0.15) is 11.4 Å². The molecule has 0 aliphatic heterocycles. The molecule has 3 heterocycles. The van der Waals surface area contributed by atoms with Crippen molar-refractivity contribution in [1.82, 2.24) is 24.1 Å². The van der Waals surface area contributed by atoms with Crippen LogP contribution in [0.15, 0.2) is 82.9 Å². The second kappa shape index (κ2) is 9.15. The molecule has 5 aromatic rings. The molecule has 0 spiro atoms. The molecule has 34 heavy (non-hydrogen) atoms. The minimum absolute atomic E-state index is 0.0942. The molecule has 0 radical (unpaired) electrons. The number of fused-ring (bicyclic) bond motifs is 1. The maximum atomic E-state index is 12.6. The quantitative estimate of drug-likeness (QED) is 0.331. The Balaban J connectivity index is 1.51. The van der Waals surface area contributed by atoms with E-state index in [1.807, 2.05) is 47.9 Å². The first kappa shape index (κ1) is 21.9. The first-order valence-electron chi connectivity index (χ1n) is 10.8. The van der Waals surface area contributed by atoms with E-state index in [0.29, 0.717) is 17.1 Å². The van der Waals surface area contributed by atoms with Gasteiger partial charge in [-0.3, -0.25) is 13.8 Å². The monoisotopic (exact) mass is 469 g/mol. The number of pyridine rings is 1. The van der Waals surface area contributed by atoms with Crippen LogP contribution in [0.1, 0.15) is 16.8 Å². The van der Waals surface area contributed by atoms with Crippen LogP contribution >= 0.6 is 11.8 Å². The molecule has 5 rings (SSSR count). The number of thioether (sulfide) groups is 1. The Hall–Kier alpha value is -3.91. The van der Waals surface area contributed by atoms with Crippen LogP contribution in [-0.2, 0) is 5.75 Å². The van der Waals surface area contributed by atoms with Crippen molar-refractivity contribution < 1.29 is 4.74 Å². The number of hydrogen-bond donors (Lipinski definition) is 0. The highest BCUT2D eigenvalue weighted by molar-refractivity contribution is 7.98. The van der Waals surface area contributed by atoms with Gasteiger partial charge in [0, 0.05) is 29.3 Å². The van der Waals surface area contributed by atoms with E-state index in [0.717, 1.165) is 33.5 Å². The number of rotatable bonds is 6. The summed E-state index contributed by atoms with van der Waals surface area (Å²) in [5.74, 6) is 2.01. The third-order valence-electron chi connectivity index (χ3n) is 5.48. The van der Waals surface area contributed by atoms with E-state index in [1.54, 1.807) is 23.8 Å². The number of aryl methyl sites for hydroxylation is 2. The van der Waals surface area contributed by atoms with Gasteiger partial charge in [-0.1, -0.05) is 35.5 Å². The zero-order chi connectivity index (χ0) is 23.7. The summed E-state index contributed by atoms with van der Waals surface area (Å²) in [7, 11) is 1.65. The number of nitrogens with zero attached hydrogens (tertiary/aromatic N) is 5. The van der Waals surface area contributed by atoms with Gasteiger partial charge in [-0.25, -0.2) is 4.98 Å². The van der Waals surface area contributed by atoms with Gasteiger partial charge in [-0.15, -0.1) is 10.2 Å². The van der Waals surface area contributed by atoms with Gasteiger partial charge in [0.05, 0.1) is 12.8 Å². The summed E-state index contributed by atoms with van der Waals surface area (Å²) >= 11 is 1.50. The van der Waals surface area contributed by atoms with Gasteiger partial charge < -0.3 is 4.74 Å². The molecule has 2 aromatic carbocycles. The summed E-state index contributed by atoms with van der Waals surface area (Å²) in [6.07, 6.45) is 1.80. The predicted molar refractivity (Wildman–Crippen MR) is 134 cm³/mol. The Morgan fingerprint density at radius 1 is 0.912 bits per heavy atom. The number of ether oxygens (including phenoxy) is 1. The molecule has 0 saturated heterocycles. The fourth-order valence-corrected chi connectivity index (χ4v) is 4.53. The Morgan fingerprint density at radius 3 is 2.38 bits per heavy atom. The fourth-order valence-electron chi connectivity index (χ4n) is 3.69. The van der Waals surface area contributed by atoms with Crippen molar-refractivity contribution in [2.75, 3.05) is 7.11 Å². The minimum Gasteiger partial charge on any atom is -0.497 e. The van der Waals surface area contributed by atoms with Gasteiger partial charge >= 0.3 is 0 Å². The largest absolute Gasteiger partial charge is 0.497 e. The highest BCUT2D eigenvalue weighted by Gasteiger charge is 2.17. The van der Waals surface area contributed by atoms with E-state index < -0.39 is 0 Å². The summed E-state index contributed by atoms with van der Waals surface area (Å²) in [6.45, 7) is 4.01. The lowest BCUT2D eigenvalue weighted by atomic mass is 10.2. The van der Waals surface area contributed by atoms with E-state index in [-0.39, 0.29) is 5.56 Å². The molecule has 0 saturated carbocycles. The van der Waals surface area contributed by atoms with Crippen LogP contribution in [0.4, 0.5) is 0 Å². The average Bonchev–Trinajstić information content (AvgIpc) is 3.27. The number of benzene rings is 2. The number of hydrogen-bond acceptors (Lipinski definition) is 6. The molecule has 8 heteroatoms. The molecule has 0 N–H and O–H groups in total. The maximum absolute atomic E-state index is 12.6. The zero-order valence-corrected chi connectivity index (χ0v) is 19.9. The molecule has 0 aliphatic carbocycles. The molecule has 0 bridgehead atoms. The second-order valence-corrected chi connectivity index (χ2v) is 8.96. The lowest BCUT2D eigenvalue weighted by molar-refractivity contribution is 0.415. The van der Waals surface area contributed by atoms with Crippen LogP contribution in [0.3, 0.4) is 0 Å². The lowest BCUT2D eigenvalue weighted by Crippen LogP contribution is -2.15.